The molecule has 2 amide bonds. The van der Waals surface area contributed by atoms with E-state index in [1.165, 1.54) is 18.7 Å². The summed E-state index contributed by atoms with van der Waals surface area (Å²) in [6, 6.07) is 3.58. The highest BCUT2D eigenvalue weighted by Crippen LogP contribution is 2.24. The molecule has 0 spiro atoms. The molecule has 0 saturated carbocycles. The van der Waals surface area contributed by atoms with Crippen LogP contribution in [0.5, 0.6) is 5.75 Å². The van der Waals surface area contributed by atoms with Crippen molar-refractivity contribution in [2.75, 3.05) is 19.8 Å². The summed E-state index contributed by atoms with van der Waals surface area (Å²) in [5.41, 5.74) is 12.1. The number of thioether (sulfide) groups is 1. The van der Waals surface area contributed by atoms with Gasteiger partial charge in [-0.2, -0.15) is 13.1 Å². The Hall–Kier alpha value is -3.38. The van der Waals surface area contributed by atoms with Gasteiger partial charge in [-0.1, -0.05) is 16.9 Å². The highest BCUT2D eigenvalue weighted by Gasteiger charge is 2.51. The molecule has 2 aliphatic rings. The van der Waals surface area contributed by atoms with Crippen molar-refractivity contribution in [3.8, 4) is 5.75 Å². The van der Waals surface area contributed by atoms with Crippen LogP contribution < -0.4 is 31.5 Å². The van der Waals surface area contributed by atoms with Crippen molar-refractivity contribution >= 4 is 50.5 Å². The SMILES string of the molecule is C[C@H]1C(NC(=O)/C(=N\OCCOc2ccc3c(c2)c[n+](C)n3CCCN)C2=CSC(N)N2)C(=O)N1S(=O)(=O)O. The lowest BCUT2D eigenvalue weighted by atomic mass is 10.0. The van der Waals surface area contributed by atoms with Gasteiger partial charge in [-0.05, 0) is 38.1 Å². The van der Waals surface area contributed by atoms with E-state index in [0.717, 1.165) is 23.9 Å². The molecule has 212 valence electrons. The van der Waals surface area contributed by atoms with E-state index in [1.54, 1.807) is 5.41 Å². The molecule has 3 heterocycles. The third kappa shape index (κ3) is 6.27. The Morgan fingerprint density at radius 1 is 1.36 bits per heavy atom. The molecule has 2 aromatic rings. The van der Waals surface area contributed by atoms with Gasteiger partial charge in [0.1, 0.15) is 29.4 Å². The Labute approximate surface area is 229 Å². The first-order valence-electron chi connectivity index (χ1n) is 12.0. The number of ether oxygens (including phenoxy) is 1. The van der Waals surface area contributed by atoms with Crippen molar-refractivity contribution in [1.82, 2.24) is 19.6 Å². The van der Waals surface area contributed by atoms with Gasteiger partial charge in [0.2, 0.25) is 6.20 Å². The number of nitrogens with zero attached hydrogens (tertiary/aromatic N) is 4. The average molecular weight is 584 g/mol. The lowest BCUT2D eigenvalue weighted by Crippen LogP contribution is -2.71. The fraction of sp³-hybridized carbons (Fsp3) is 0.455. The molecule has 4 rings (SSSR count). The molecule has 2 unspecified atom stereocenters. The van der Waals surface area contributed by atoms with Crippen LogP contribution in [0.3, 0.4) is 0 Å². The number of fused-ring (bicyclic) bond motifs is 1. The number of aromatic nitrogens is 2. The summed E-state index contributed by atoms with van der Waals surface area (Å²) in [4.78, 5) is 30.4. The molecule has 15 nitrogen and oxygen atoms in total. The van der Waals surface area contributed by atoms with E-state index in [2.05, 4.69) is 20.5 Å². The van der Waals surface area contributed by atoms with Gasteiger partial charge in [0.05, 0.1) is 23.7 Å². The summed E-state index contributed by atoms with van der Waals surface area (Å²) >= 11 is 1.21. The highest BCUT2D eigenvalue weighted by atomic mass is 32.2. The fourth-order valence-corrected chi connectivity index (χ4v) is 5.78. The van der Waals surface area contributed by atoms with Gasteiger partial charge in [0, 0.05) is 5.41 Å². The first kappa shape index (κ1) is 28.6. The lowest BCUT2D eigenvalue weighted by molar-refractivity contribution is -0.751. The topological polar surface area (TPSA) is 207 Å². The largest absolute Gasteiger partial charge is 0.490 e. The molecule has 17 heteroatoms. The second-order valence-electron chi connectivity index (χ2n) is 8.85. The molecule has 1 saturated heterocycles. The van der Waals surface area contributed by atoms with Crippen LogP contribution in [-0.2, 0) is 38.3 Å². The third-order valence-corrected chi connectivity index (χ3v) is 7.92. The zero-order valence-electron chi connectivity index (χ0n) is 21.3. The number of hydrogen-bond donors (Lipinski definition) is 5. The average Bonchev–Trinajstić information content (AvgIpc) is 3.44. The zero-order valence-corrected chi connectivity index (χ0v) is 22.9. The summed E-state index contributed by atoms with van der Waals surface area (Å²) in [5, 5.41) is 11.8. The number of amides is 2. The van der Waals surface area contributed by atoms with Gasteiger partial charge < -0.3 is 31.7 Å². The lowest BCUT2D eigenvalue weighted by Gasteiger charge is -2.42. The van der Waals surface area contributed by atoms with Crippen molar-refractivity contribution < 1.29 is 36.8 Å². The molecule has 0 bridgehead atoms. The van der Waals surface area contributed by atoms with Crippen molar-refractivity contribution in [2.45, 2.75) is 37.5 Å². The summed E-state index contributed by atoms with van der Waals surface area (Å²) < 4.78 is 42.0. The summed E-state index contributed by atoms with van der Waals surface area (Å²) in [5.74, 6) is -1.12. The predicted molar refractivity (Wildman–Crippen MR) is 142 cm³/mol. The normalized spacial score (nSPS) is 21.4. The van der Waals surface area contributed by atoms with Gasteiger partial charge in [0.25, 0.3) is 11.8 Å². The maximum Gasteiger partial charge on any atom is 0.362 e. The molecule has 7 N–H and O–H groups in total. The van der Waals surface area contributed by atoms with Crippen LogP contribution in [0.15, 0.2) is 40.7 Å². The van der Waals surface area contributed by atoms with Crippen LogP contribution in [0.25, 0.3) is 10.9 Å². The minimum Gasteiger partial charge on any atom is -0.490 e. The summed E-state index contributed by atoms with van der Waals surface area (Å²) in [7, 11) is -2.76. The van der Waals surface area contributed by atoms with Crippen molar-refractivity contribution in [3.05, 3.63) is 35.5 Å². The van der Waals surface area contributed by atoms with E-state index in [0.29, 0.717) is 12.3 Å². The van der Waals surface area contributed by atoms with Crippen LogP contribution in [0.2, 0.25) is 0 Å². The Balaban J connectivity index is 1.36. The van der Waals surface area contributed by atoms with Crippen LogP contribution >= 0.6 is 11.8 Å². The van der Waals surface area contributed by atoms with Gasteiger partial charge in [0.15, 0.2) is 19.4 Å². The molecule has 1 aromatic heterocycles. The van der Waals surface area contributed by atoms with Crippen LogP contribution in [0, 0.1) is 0 Å². The Kier molecular flexibility index (Phi) is 8.65. The number of oxime groups is 1. The Bertz CT molecular complexity index is 1420. The number of hydrogen-bond acceptors (Lipinski definition) is 11. The van der Waals surface area contributed by atoms with Crippen molar-refractivity contribution in [1.29, 1.82) is 0 Å². The maximum atomic E-state index is 12.9. The van der Waals surface area contributed by atoms with E-state index >= 15 is 0 Å². The molecule has 39 heavy (non-hydrogen) atoms. The summed E-state index contributed by atoms with van der Waals surface area (Å²) in [6.07, 6.45) is 2.86. The fourth-order valence-electron chi connectivity index (χ4n) is 4.24. The predicted octanol–water partition coefficient (Wildman–Crippen LogP) is -1.50. The monoisotopic (exact) mass is 583 g/mol. The van der Waals surface area contributed by atoms with Crippen molar-refractivity contribution in [3.63, 3.8) is 0 Å². The van der Waals surface area contributed by atoms with E-state index in [4.69, 9.17) is 25.6 Å². The van der Waals surface area contributed by atoms with Gasteiger partial charge >= 0.3 is 10.3 Å². The maximum absolute atomic E-state index is 12.9. The van der Waals surface area contributed by atoms with Gasteiger partial charge in [-0.25, -0.2) is 4.31 Å². The molecule has 0 aliphatic carbocycles. The van der Waals surface area contributed by atoms with Crippen LogP contribution in [0.1, 0.15) is 13.3 Å². The second kappa shape index (κ2) is 11.8. The van der Waals surface area contributed by atoms with Gasteiger partial charge in [-0.3, -0.25) is 14.1 Å². The standard InChI is InChI=1S/C22H30N8O7S2/c1-13-18(21(32)30(13)39(33,34)35)26-20(31)19(16-12-38-22(24)25-16)27-37-9-8-36-15-4-5-17-14(10-15)11-28(2)29(17)7-3-6-23/h4-5,10-13,18,22,25H,3,6-9,23-24H2,1-2H3,(H-,26,31,33,34,35)/p+1/b27-19-/t13-,18?,22?/m0/s1. The quantitative estimate of drug-likeness (QED) is 0.0485. The summed E-state index contributed by atoms with van der Waals surface area (Å²) in [6.45, 7) is 2.92. The minimum atomic E-state index is -4.72. The third-order valence-electron chi connectivity index (χ3n) is 6.13. The number of β-lactam (4-membered cyclic amide) rings is 1. The first-order valence-corrected chi connectivity index (χ1v) is 14.4. The number of nitrogens with one attached hydrogen (secondary N) is 2. The number of carbonyl (C=O) groups is 2. The van der Waals surface area contributed by atoms with E-state index in [-0.39, 0.29) is 28.9 Å². The van der Waals surface area contributed by atoms with Crippen LogP contribution in [0.4, 0.5) is 0 Å². The van der Waals surface area contributed by atoms with E-state index < -0.39 is 39.7 Å². The molecule has 0 radical (unpaired) electrons. The number of benzene rings is 1. The minimum absolute atomic E-state index is 0.00186. The Morgan fingerprint density at radius 3 is 2.77 bits per heavy atom. The number of rotatable bonds is 12. The highest BCUT2D eigenvalue weighted by molar-refractivity contribution is 8.02. The van der Waals surface area contributed by atoms with Gasteiger partial charge in [-0.15, -0.1) is 4.68 Å². The van der Waals surface area contributed by atoms with E-state index in [9.17, 15) is 18.0 Å². The number of aryl methyl sites for hydroxylation is 2. The zero-order chi connectivity index (χ0) is 28.3. The van der Waals surface area contributed by atoms with E-state index in [1.807, 2.05) is 36.1 Å². The second-order valence-corrected chi connectivity index (χ2v) is 11.2. The number of carbonyl (C=O) groups excluding carboxylic acids is 2. The molecular formula is C22H31N8O7S2+. The first-order chi connectivity index (χ1) is 18.5. The smallest absolute Gasteiger partial charge is 0.362 e. The molecular weight excluding hydrogens is 552 g/mol. The molecule has 2 aliphatic heterocycles. The number of nitrogens with two attached hydrogens (primary N) is 2. The molecule has 1 fully saturated rings. The Morgan fingerprint density at radius 2 is 2.13 bits per heavy atom. The molecule has 1 aromatic carbocycles. The van der Waals surface area contributed by atoms with Crippen molar-refractivity contribution in [2.24, 2.45) is 23.7 Å². The van der Waals surface area contributed by atoms with Crippen LogP contribution in [-0.4, -0.2) is 76.8 Å². The molecule has 3 atom stereocenters.